The lowest BCUT2D eigenvalue weighted by molar-refractivity contribution is -0.139. The van der Waals surface area contributed by atoms with Crippen LogP contribution >= 0.6 is 0 Å². The summed E-state index contributed by atoms with van der Waals surface area (Å²) in [6.07, 6.45) is 2.81. The number of para-hydroxylation sites is 1. The van der Waals surface area contributed by atoms with Crippen molar-refractivity contribution in [2.45, 2.75) is 39.3 Å². The molecule has 0 radical (unpaired) electrons. The van der Waals surface area contributed by atoms with Gasteiger partial charge >= 0.3 is 0 Å². The maximum atomic E-state index is 13.6. The summed E-state index contributed by atoms with van der Waals surface area (Å²) in [6.45, 7) is 3.92. The number of unbranched alkanes of at least 4 members (excludes halogenated alkanes) is 1. The van der Waals surface area contributed by atoms with Gasteiger partial charge in [-0.25, -0.2) is 8.42 Å². The number of amides is 2. The highest BCUT2D eigenvalue weighted by molar-refractivity contribution is 7.92. The number of rotatable bonds is 13. The molecule has 0 saturated heterocycles. The molecule has 0 aliphatic carbocycles. The van der Waals surface area contributed by atoms with Gasteiger partial charge in [0, 0.05) is 13.1 Å². The van der Waals surface area contributed by atoms with E-state index in [1.807, 2.05) is 67.6 Å². The molecule has 0 spiro atoms. The van der Waals surface area contributed by atoms with E-state index in [0.29, 0.717) is 23.7 Å². The first-order valence-electron chi connectivity index (χ1n) is 12.6. The molecule has 8 nitrogen and oxygen atoms in total. The van der Waals surface area contributed by atoms with Crippen molar-refractivity contribution in [1.82, 2.24) is 10.2 Å². The van der Waals surface area contributed by atoms with Gasteiger partial charge in [0.2, 0.25) is 21.8 Å². The van der Waals surface area contributed by atoms with Crippen molar-refractivity contribution in [2.75, 3.05) is 23.7 Å². The Morgan fingerprint density at radius 3 is 2.05 bits per heavy atom. The van der Waals surface area contributed by atoms with Gasteiger partial charge in [-0.3, -0.25) is 13.9 Å². The average Bonchev–Trinajstić information content (AvgIpc) is 2.91. The molecule has 1 N–H and O–H groups in total. The molecular weight excluding hydrogens is 502 g/mol. The third-order valence-electron chi connectivity index (χ3n) is 5.98. The molecule has 0 aliphatic heterocycles. The fourth-order valence-corrected chi connectivity index (χ4v) is 4.67. The number of hydrogen-bond acceptors (Lipinski definition) is 5. The smallest absolute Gasteiger partial charge is 0.244 e. The van der Waals surface area contributed by atoms with E-state index < -0.39 is 28.5 Å². The molecular formula is C29H35N3O5S. The van der Waals surface area contributed by atoms with Crippen LogP contribution in [0.25, 0.3) is 0 Å². The van der Waals surface area contributed by atoms with Gasteiger partial charge in [0.05, 0.1) is 11.9 Å². The Hall–Kier alpha value is -3.85. The summed E-state index contributed by atoms with van der Waals surface area (Å²) >= 11 is 0. The van der Waals surface area contributed by atoms with Crippen LogP contribution in [0.4, 0.5) is 5.69 Å². The molecule has 0 aromatic heterocycles. The first-order chi connectivity index (χ1) is 18.2. The minimum absolute atomic E-state index is 0.170. The maximum absolute atomic E-state index is 13.6. The van der Waals surface area contributed by atoms with E-state index in [1.165, 1.54) is 4.90 Å². The monoisotopic (exact) mass is 537 g/mol. The Bertz CT molecular complexity index is 1280. The predicted molar refractivity (Wildman–Crippen MR) is 150 cm³/mol. The van der Waals surface area contributed by atoms with Gasteiger partial charge in [-0.2, -0.15) is 0 Å². The molecule has 0 bridgehead atoms. The quantitative estimate of drug-likeness (QED) is 0.322. The number of ether oxygens (including phenoxy) is 1. The fourth-order valence-electron chi connectivity index (χ4n) is 3.82. The molecule has 1 atom stereocenters. The second kappa shape index (κ2) is 13.6. The van der Waals surface area contributed by atoms with Gasteiger partial charge < -0.3 is 15.0 Å². The van der Waals surface area contributed by atoms with E-state index in [2.05, 4.69) is 5.32 Å². The van der Waals surface area contributed by atoms with E-state index in [9.17, 15) is 18.0 Å². The standard InChI is InChI=1S/C29H35N3O5S/c1-4-5-20-30-29(34)23(2)31(21-24-12-8-6-9-13-24)28(33)22-32(38(3,35)36)25-16-18-27(19-17-25)37-26-14-10-7-11-15-26/h6-19,23H,4-5,20-22H2,1-3H3,(H,30,34). The van der Waals surface area contributed by atoms with Crippen molar-refractivity contribution in [3.8, 4) is 11.5 Å². The maximum Gasteiger partial charge on any atom is 0.244 e. The van der Waals surface area contributed by atoms with Gasteiger partial charge in [0.15, 0.2) is 0 Å². The minimum atomic E-state index is -3.81. The number of hydrogen-bond donors (Lipinski definition) is 1. The van der Waals surface area contributed by atoms with Crippen LogP contribution in [-0.4, -0.2) is 50.5 Å². The van der Waals surface area contributed by atoms with Crippen LogP contribution in [-0.2, 0) is 26.2 Å². The molecule has 0 saturated carbocycles. The summed E-state index contributed by atoms with van der Waals surface area (Å²) in [7, 11) is -3.81. The third kappa shape index (κ3) is 8.34. The Morgan fingerprint density at radius 1 is 0.895 bits per heavy atom. The van der Waals surface area contributed by atoms with E-state index in [0.717, 1.165) is 29.0 Å². The number of nitrogens with zero attached hydrogens (tertiary/aromatic N) is 2. The molecule has 9 heteroatoms. The number of benzene rings is 3. The molecule has 3 aromatic carbocycles. The zero-order valence-corrected chi connectivity index (χ0v) is 22.9. The van der Waals surface area contributed by atoms with Crippen molar-refractivity contribution < 1.29 is 22.7 Å². The van der Waals surface area contributed by atoms with Crippen molar-refractivity contribution in [3.05, 3.63) is 90.5 Å². The normalized spacial score (nSPS) is 11.9. The molecule has 202 valence electrons. The van der Waals surface area contributed by atoms with Crippen LogP contribution in [0.2, 0.25) is 0 Å². The first kappa shape index (κ1) is 28.7. The summed E-state index contributed by atoms with van der Waals surface area (Å²) in [5.74, 6) is 0.416. The molecule has 3 aromatic rings. The first-order valence-corrected chi connectivity index (χ1v) is 14.5. The Morgan fingerprint density at radius 2 is 1.47 bits per heavy atom. The Kier molecular flexibility index (Phi) is 10.3. The molecule has 0 fully saturated rings. The van der Waals surface area contributed by atoms with Crippen LogP contribution in [0, 0.1) is 0 Å². The summed E-state index contributed by atoms with van der Waals surface area (Å²) in [4.78, 5) is 27.8. The summed E-state index contributed by atoms with van der Waals surface area (Å²) in [5, 5.41) is 2.87. The predicted octanol–water partition coefficient (Wildman–Crippen LogP) is 4.58. The van der Waals surface area contributed by atoms with Gasteiger partial charge in [-0.15, -0.1) is 0 Å². The second-order valence-electron chi connectivity index (χ2n) is 9.01. The molecule has 0 heterocycles. The fraction of sp³-hybridized carbons (Fsp3) is 0.310. The van der Waals surface area contributed by atoms with Crippen molar-refractivity contribution in [3.63, 3.8) is 0 Å². The highest BCUT2D eigenvalue weighted by atomic mass is 32.2. The van der Waals surface area contributed by atoms with Crippen molar-refractivity contribution in [2.24, 2.45) is 0 Å². The average molecular weight is 538 g/mol. The van der Waals surface area contributed by atoms with Gasteiger partial charge in [-0.05, 0) is 55.3 Å². The topological polar surface area (TPSA) is 96.0 Å². The number of anilines is 1. The molecule has 1 unspecified atom stereocenters. The molecule has 38 heavy (non-hydrogen) atoms. The van der Waals surface area contributed by atoms with E-state index >= 15 is 0 Å². The van der Waals surface area contributed by atoms with Gasteiger partial charge in [-0.1, -0.05) is 61.9 Å². The SMILES string of the molecule is CCCCNC(=O)C(C)N(Cc1ccccc1)C(=O)CN(c1ccc(Oc2ccccc2)cc1)S(C)(=O)=O. The van der Waals surface area contributed by atoms with Crippen LogP contribution in [0.3, 0.4) is 0 Å². The largest absolute Gasteiger partial charge is 0.457 e. The molecule has 0 aliphatic rings. The van der Waals surface area contributed by atoms with Crippen LogP contribution < -0.4 is 14.4 Å². The van der Waals surface area contributed by atoms with Gasteiger partial charge in [0.25, 0.3) is 0 Å². The summed E-state index contributed by atoms with van der Waals surface area (Å²) in [6, 6.07) is 24.2. The van der Waals surface area contributed by atoms with Crippen LogP contribution in [0.5, 0.6) is 11.5 Å². The number of carbonyl (C=O) groups is 2. The van der Waals surface area contributed by atoms with Crippen molar-refractivity contribution >= 4 is 27.5 Å². The zero-order chi connectivity index (χ0) is 27.5. The summed E-state index contributed by atoms with van der Waals surface area (Å²) < 4.78 is 32.3. The lowest BCUT2D eigenvalue weighted by Crippen LogP contribution is -2.51. The number of nitrogens with one attached hydrogen (secondary N) is 1. The van der Waals surface area contributed by atoms with E-state index in [1.54, 1.807) is 31.2 Å². The number of sulfonamides is 1. The lowest BCUT2D eigenvalue weighted by Gasteiger charge is -2.31. The summed E-state index contributed by atoms with van der Waals surface area (Å²) in [5.41, 5.74) is 1.16. The van der Waals surface area contributed by atoms with E-state index in [-0.39, 0.29) is 12.5 Å². The Labute approximate surface area is 225 Å². The molecule has 3 rings (SSSR count). The van der Waals surface area contributed by atoms with Crippen molar-refractivity contribution in [1.29, 1.82) is 0 Å². The molecule has 2 amide bonds. The lowest BCUT2D eigenvalue weighted by atomic mass is 10.1. The number of carbonyl (C=O) groups excluding carboxylic acids is 2. The van der Waals surface area contributed by atoms with Gasteiger partial charge in [0.1, 0.15) is 24.1 Å². The Balaban J connectivity index is 1.82. The van der Waals surface area contributed by atoms with E-state index in [4.69, 9.17) is 4.74 Å². The second-order valence-corrected chi connectivity index (χ2v) is 10.9. The minimum Gasteiger partial charge on any atom is -0.457 e. The van der Waals surface area contributed by atoms with Crippen LogP contribution in [0.15, 0.2) is 84.9 Å². The van der Waals surface area contributed by atoms with Crippen LogP contribution in [0.1, 0.15) is 32.3 Å². The highest BCUT2D eigenvalue weighted by Gasteiger charge is 2.30. The highest BCUT2D eigenvalue weighted by Crippen LogP contribution is 2.26. The zero-order valence-electron chi connectivity index (χ0n) is 22.0. The third-order valence-corrected chi connectivity index (χ3v) is 7.12.